The van der Waals surface area contributed by atoms with Gasteiger partial charge in [-0.15, -0.1) is 0 Å². The van der Waals surface area contributed by atoms with Gasteiger partial charge < -0.3 is 10.0 Å². The molecule has 0 bridgehead atoms. The lowest BCUT2D eigenvalue weighted by Crippen LogP contribution is -2.34. The summed E-state index contributed by atoms with van der Waals surface area (Å²) in [5.74, 6) is -0.913. The second kappa shape index (κ2) is 7.13. The standard InChI is InChI=1S/C18H24N4O2/c1-3-21-8-5-16(6-9-21)22-13(2)14(12-20-22)10-15-11-19-7-4-17(15)18(23)24/h4,7,11-12,16H,3,5-6,8-10H2,1-2H3,(H,23,24). The fourth-order valence-corrected chi connectivity index (χ4v) is 3.46. The summed E-state index contributed by atoms with van der Waals surface area (Å²) < 4.78 is 2.12. The van der Waals surface area contributed by atoms with Crippen LogP contribution in [0.2, 0.25) is 0 Å². The first-order valence-electron chi connectivity index (χ1n) is 8.51. The van der Waals surface area contributed by atoms with E-state index in [4.69, 9.17) is 0 Å². The Bertz CT molecular complexity index is 718. The zero-order chi connectivity index (χ0) is 17.1. The van der Waals surface area contributed by atoms with Crippen molar-refractivity contribution in [2.45, 2.75) is 39.2 Å². The molecule has 3 rings (SSSR count). The highest BCUT2D eigenvalue weighted by Gasteiger charge is 2.22. The van der Waals surface area contributed by atoms with Gasteiger partial charge in [0, 0.05) is 37.6 Å². The van der Waals surface area contributed by atoms with E-state index in [1.165, 1.54) is 6.20 Å². The Kier molecular flexibility index (Phi) is 4.94. The minimum Gasteiger partial charge on any atom is -0.478 e. The summed E-state index contributed by atoms with van der Waals surface area (Å²) in [5.41, 5.74) is 3.25. The molecular formula is C18H24N4O2. The third-order valence-corrected chi connectivity index (χ3v) is 5.01. The number of likely N-dealkylation sites (tertiary alicyclic amines) is 1. The molecule has 0 spiro atoms. The van der Waals surface area contributed by atoms with Crippen LogP contribution in [0.5, 0.6) is 0 Å². The van der Waals surface area contributed by atoms with E-state index in [0.717, 1.165) is 49.3 Å². The second-order valence-electron chi connectivity index (χ2n) is 6.38. The fraction of sp³-hybridized carbons (Fsp3) is 0.500. The highest BCUT2D eigenvalue weighted by atomic mass is 16.4. The number of nitrogens with zero attached hydrogens (tertiary/aromatic N) is 4. The van der Waals surface area contributed by atoms with Crippen molar-refractivity contribution >= 4 is 5.97 Å². The van der Waals surface area contributed by atoms with Crippen molar-refractivity contribution in [3.63, 3.8) is 0 Å². The maximum Gasteiger partial charge on any atom is 0.336 e. The van der Waals surface area contributed by atoms with E-state index in [9.17, 15) is 9.90 Å². The van der Waals surface area contributed by atoms with Gasteiger partial charge in [0.1, 0.15) is 0 Å². The average molecular weight is 328 g/mol. The molecule has 0 unspecified atom stereocenters. The predicted octanol–water partition coefficient (Wildman–Crippen LogP) is 2.53. The quantitative estimate of drug-likeness (QED) is 0.913. The van der Waals surface area contributed by atoms with Gasteiger partial charge in [0.25, 0.3) is 0 Å². The molecule has 6 nitrogen and oxygen atoms in total. The van der Waals surface area contributed by atoms with Gasteiger partial charge in [-0.25, -0.2) is 4.79 Å². The highest BCUT2D eigenvalue weighted by molar-refractivity contribution is 5.89. The normalized spacial score (nSPS) is 16.4. The summed E-state index contributed by atoms with van der Waals surface area (Å²) in [7, 11) is 0. The number of pyridine rings is 1. The third kappa shape index (κ3) is 3.33. The first kappa shape index (κ1) is 16.6. The van der Waals surface area contributed by atoms with Crippen LogP contribution in [-0.2, 0) is 6.42 Å². The molecule has 128 valence electrons. The molecule has 0 radical (unpaired) electrons. The molecule has 0 amide bonds. The van der Waals surface area contributed by atoms with E-state index < -0.39 is 5.97 Å². The SMILES string of the molecule is CCN1CCC(n2ncc(Cc3cnccc3C(=O)O)c2C)CC1. The monoisotopic (exact) mass is 328 g/mol. The van der Waals surface area contributed by atoms with E-state index in [1.807, 2.05) is 6.20 Å². The maximum atomic E-state index is 11.4. The summed E-state index contributed by atoms with van der Waals surface area (Å²) in [6.45, 7) is 7.61. The van der Waals surface area contributed by atoms with Crippen molar-refractivity contribution in [2.24, 2.45) is 0 Å². The van der Waals surface area contributed by atoms with E-state index in [2.05, 4.69) is 33.5 Å². The van der Waals surface area contributed by atoms with Crippen molar-refractivity contribution in [3.05, 3.63) is 47.0 Å². The lowest BCUT2D eigenvalue weighted by atomic mass is 10.0. The van der Waals surface area contributed by atoms with Crippen LogP contribution >= 0.6 is 0 Å². The first-order chi connectivity index (χ1) is 11.6. The van der Waals surface area contributed by atoms with Crippen molar-refractivity contribution in [1.29, 1.82) is 0 Å². The highest BCUT2D eigenvalue weighted by Crippen LogP contribution is 2.25. The Morgan fingerprint density at radius 1 is 1.29 bits per heavy atom. The molecule has 3 heterocycles. The van der Waals surface area contributed by atoms with E-state index in [-0.39, 0.29) is 0 Å². The second-order valence-corrected chi connectivity index (χ2v) is 6.38. The Labute approximate surface area is 142 Å². The minimum atomic E-state index is -0.913. The van der Waals surface area contributed by atoms with E-state index in [1.54, 1.807) is 12.3 Å². The number of aromatic carboxylic acids is 1. The number of hydrogen-bond donors (Lipinski definition) is 1. The Morgan fingerprint density at radius 3 is 2.71 bits per heavy atom. The first-order valence-corrected chi connectivity index (χ1v) is 8.51. The molecule has 2 aromatic rings. The zero-order valence-corrected chi connectivity index (χ0v) is 14.3. The Balaban J connectivity index is 1.78. The molecule has 6 heteroatoms. The summed E-state index contributed by atoms with van der Waals surface area (Å²) >= 11 is 0. The molecule has 1 aliphatic rings. The van der Waals surface area contributed by atoms with Crippen LogP contribution in [0.25, 0.3) is 0 Å². The molecule has 0 saturated carbocycles. The Morgan fingerprint density at radius 2 is 2.04 bits per heavy atom. The van der Waals surface area contributed by atoms with Crippen LogP contribution in [0.15, 0.2) is 24.7 Å². The molecular weight excluding hydrogens is 304 g/mol. The number of carbonyl (C=O) groups is 1. The van der Waals surface area contributed by atoms with Gasteiger partial charge >= 0.3 is 5.97 Å². The van der Waals surface area contributed by atoms with Crippen molar-refractivity contribution < 1.29 is 9.90 Å². The molecule has 0 aromatic carbocycles. The van der Waals surface area contributed by atoms with Gasteiger partial charge in [0.15, 0.2) is 0 Å². The molecule has 1 aliphatic heterocycles. The molecule has 0 atom stereocenters. The molecule has 1 N–H and O–H groups in total. The van der Waals surface area contributed by atoms with Gasteiger partial charge in [0.2, 0.25) is 0 Å². The molecule has 24 heavy (non-hydrogen) atoms. The smallest absolute Gasteiger partial charge is 0.336 e. The third-order valence-electron chi connectivity index (χ3n) is 5.01. The lowest BCUT2D eigenvalue weighted by molar-refractivity contribution is 0.0695. The van der Waals surface area contributed by atoms with Gasteiger partial charge in [-0.3, -0.25) is 9.67 Å². The van der Waals surface area contributed by atoms with Gasteiger partial charge in [0.05, 0.1) is 17.8 Å². The topological polar surface area (TPSA) is 71.2 Å². The van der Waals surface area contributed by atoms with Gasteiger partial charge in [-0.1, -0.05) is 6.92 Å². The lowest BCUT2D eigenvalue weighted by Gasteiger charge is -2.31. The number of carboxylic acids is 1. The molecule has 2 aromatic heterocycles. The van der Waals surface area contributed by atoms with Crippen LogP contribution < -0.4 is 0 Å². The summed E-state index contributed by atoms with van der Waals surface area (Å²) in [6.07, 6.45) is 7.81. The van der Waals surface area contributed by atoms with Crippen LogP contribution in [0.3, 0.4) is 0 Å². The van der Waals surface area contributed by atoms with Crippen LogP contribution in [0.1, 0.15) is 53.0 Å². The number of piperidine rings is 1. The number of rotatable bonds is 5. The van der Waals surface area contributed by atoms with Gasteiger partial charge in [-0.2, -0.15) is 5.10 Å². The van der Waals surface area contributed by atoms with Crippen LogP contribution in [-0.4, -0.2) is 50.4 Å². The van der Waals surface area contributed by atoms with Crippen LogP contribution in [0, 0.1) is 6.92 Å². The summed E-state index contributed by atoms with van der Waals surface area (Å²) in [5, 5.41) is 13.9. The summed E-state index contributed by atoms with van der Waals surface area (Å²) in [6, 6.07) is 1.99. The average Bonchev–Trinajstić information content (AvgIpc) is 2.96. The van der Waals surface area contributed by atoms with E-state index in [0.29, 0.717) is 18.0 Å². The van der Waals surface area contributed by atoms with Crippen molar-refractivity contribution in [2.75, 3.05) is 19.6 Å². The van der Waals surface area contributed by atoms with E-state index >= 15 is 0 Å². The zero-order valence-electron chi connectivity index (χ0n) is 14.3. The molecule has 1 saturated heterocycles. The van der Waals surface area contributed by atoms with Crippen LogP contribution in [0.4, 0.5) is 0 Å². The molecule has 0 aliphatic carbocycles. The largest absolute Gasteiger partial charge is 0.478 e. The minimum absolute atomic E-state index is 0.313. The number of hydrogen-bond acceptors (Lipinski definition) is 4. The summed E-state index contributed by atoms with van der Waals surface area (Å²) in [4.78, 5) is 17.9. The Hall–Kier alpha value is -2.21. The maximum absolute atomic E-state index is 11.4. The van der Waals surface area contributed by atoms with Crippen molar-refractivity contribution in [3.8, 4) is 0 Å². The molecule has 1 fully saturated rings. The predicted molar refractivity (Wildman–Crippen MR) is 91.4 cm³/mol. The van der Waals surface area contributed by atoms with Gasteiger partial charge in [-0.05, 0) is 43.5 Å². The van der Waals surface area contributed by atoms with Crippen molar-refractivity contribution in [1.82, 2.24) is 19.7 Å². The number of carboxylic acid groups (broad SMARTS) is 1. The fourth-order valence-electron chi connectivity index (χ4n) is 3.46. The number of aromatic nitrogens is 3.